The van der Waals surface area contributed by atoms with Crippen molar-refractivity contribution < 1.29 is 5.11 Å². The normalized spacial score (nSPS) is 27.2. The van der Waals surface area contributed by atoms with Crippen molar-refractivity contribution in [2.24, 2.45) is 16.7 Å². The predicted molar refractivity (Wildman–Crippen MR) is 127 cm³/mol. The van der Waals surface area contributed by atoms with E-state index >= 15 is 0 Å². The summed E-state index contributed by atoms with van der Waals surface area (Å²) < 4.78 is 2.21. The number of piperidine rings is 1. The molecule has 30 heavy (non-hydrogen) atoms. The van der Waals surface area contributed by atoms with Gasteiger partial charge < -0.3 is 9.67 Å². The van der Waals surface area contributed by atoms with Crippen molar-refractivity contribution in [1.82, 2.24) is 9.47 Å². The second kappa shape index (κ2) is 7.13. The number of aliphatic hydroxyl groups is 1. The van der Waals surface area contributed by atoms with E-state index in [-0.39, 0.29) is 0 Å². The van der Waals surface area contributed by atoms with Gasteiger partial charge in [-0.25, -0.2) is 0 Å². The van der Waals surface area contributed by atoms with Crippen LogP contribution in [0.4, 0.5) is 0 Å². The second-order valence-corrected chi connectivity index (χ2v) is 11.2. The molecule has 1 saturated carbocycles. The quantitative estimate of drug-likeness (QED) is 0.517. The molecule has 3 atom stereocenters. The summed E-state index contributed by atoms with van der Waals surface area (Å²) in [6.45, 7) is 10.8. The first-order chi connectivity index (χ1) is 14.2. The van der Waals surface area contributed by atoms with Crippen molar-refractivity contribution in [2.75, 3.05) is 19.6 Å². The van der Waals surface area contributed by atoms with E-state index < -0.39 is 6.10 Å². The minimum absolute atomic E-state index is 0.343. The largest absolute Gasteiger partial charge is 0.390 e. The van der Waals surface area contributed by atoms with Gasteiger partial charge in [0.05, 0.1) is 12.6 Å². The zero-order chi connectivity index (χ0) is 21.3. The fraction of sp³-hybridized carbons (Fsp3) is 0.520. The van der Waals surface area contributed by atoms with Crippen LogP contribution in [-0.4, -0.2) is 40.3 Å². The molecule has 3 nitrogen and oxygen atoms in total. The van der Waals surface area contributed by atoms with Crippen LogP contribution >= 0.6 is 23.2 Å². The Labute approximate surface area is 188 Å². The highest BCUT2D eigenvalue weighted by Gasteiger charge is 2.55. The van der Waals surface area contributed by atoms with E-state index in [1.54, 1.807) is 0 Å². The predicted octanol–water partition coefficient (Wildman–Crippen LogP) is 6.22. The number of hydrogen-bond donors (Lipinski definition) is 1. The molecule has 1 saturated heterocycles. The fourth-order valence-corrected chi connectivity index (χ4v) is 6.44. The number of nitrogens with zero attached hydrogens (tertiary/aromatic N) is 2. The zero-order valence-electron chi connectivity index (χ0n) is 18.0. The maximum absolute atomic E-state index is 11.1. The molecule has 2 fully saturated rings. The lowest BCUT2D eigenvalue weighted by molar-refractivity contribution is -0.0345. The van der Waals surface area contributed by atoms with Gasteiger partial charge in [0.25, 0.3) is 0 Å². The Morgan fingerprint density at radius 2 is 1.60 bits per heavy atom. The Morgan fingerprint density at radius 1 is 1.00 bits per heavy atom. The summed E-state index contributed by atoms with van der Waals surface area (Å²) in [5.74, 6) is 0.723. The molecule has 5 rings (SSSR count). The number of hydrogen-bond acceptors (Lipinski definition) is 2. The summed E-state index contributed by atoms with van der Waals surface area (Å²) in [7, 11) is 0. The smallest absolute Gasteiger partial charge is 0.0845 e. The van der Waals surface area contributed by atoms with Crippen molar-refractivity contribution >= 4 is 45.0 Å². The highest BCUT2D eigenvalue weighted by atomic mass is 35.5. The average Bonchev–Trinajstić information content (AvgIpc) is 2.97. The maximum atomic E-state index is 11.1. The molecule has 1 aromatic heterocycles. The van der Waals surface area contributed by atoms with Crippen LogP contribution in [0.25, 0.3) is 21.8 Å². The number of aromatic nitrogens is 1. The highest BCUT2D eigenvalue weighted by Crippen LogP contribution is 2.58. The van der Waals surface area contributed by atoms with Crippen molar-refractivity contribution in [1.29, 1.82) is 0 Å². The summed E-state index contributed by atoms with van der Waals surface area (Å²) in [6.07, 6.45) is 2.18. The van der Waals surface area contributed by atoms with Gasteiger partial charge in [-0.1, -0.05) is 44.0 Å². The molecule has 3 aromatic rings. The van der Waals surface area contributed by atoms with Crippen molar-refractivity contribution in [3.05, 3.63) is 46.4 Å². The molecule has 2 bridgehead atoms. The van der Waals surface area contributed by atoms with Gasteiger partial charge in [0.15, 0.2) is 0 Å². The van der Waals surface area contributed by atoms with E-state index in [0.717, 1.165) is 40.8 Å². The van der Waals surface area contributed by atoms with Crippen LogP contribution in [0.3, 0.4) is 0 Å². The number of rotatable bonds is 4. The first-order valence-corrected chi connectivity index (χ1v) is 11.7. The molecule has 0 radical (unpaired) electrons. The summed E-state index contributed by atoms with van der Waals surface area (Å²) in [6, 6.07) is 11.9. The SMILES string of the molecule is CC1(C)[C@H]2CC[C@@]1(C)CN(C[C@H](O)Cn1c3ccc(Cl)cc3c3cc(Cl)ccc31)C2. The zero-order valence-corrected chi connectivity index (χ0v) is 19.5. The van der Waals surface area contributed by atoms with Crippen LogP contribution in [0, 0.1) is 16.7 Å². The lowest BCUT2D eigenvalue weighted by Gasteiger charge is -2.50. The van der Waals surface area contributed by atoms with Gasteiger partial charge in [-0.05, 0) is 66.0 Å². The van der Waals surface area contributed by atoms with Gasteiger partial charge in [-0.15, -0.1) is 0 Å². The number of aliphatic hydroxyl groups excluding tert-OH is 1. The number of β-amino-alcohol motifs (C(OH)–C–C–N with tert-alkyl or cyclic N) is 1. The molecule has 1 aliphatic carbocycles. The van der Waals surface area contributed by atoms with Gasteiger partial charge in [0.2, 0.25) is 0 Å². The fourth-order valence-electron chi connectivity index (χ4n) is 6.09. The van der Waals surface area contributed by atoms with E-state index in [0.29, 0.717) is 34.0 Å². The van der Waals surface area contributed by atoms with Gasteiger partial charge in [0.1, 0.15) is 0 Å². The summed E-state index contributed by atoms with van der Waals surface area (Å²) in [5, 5.41) is 14.7. The molecule has 0 spiro atoms. The van der Waals surface area contributed by atoms with Crippen molar-refractivity contribution in [2.45, 2.75) is 46.3 Å². The maximum Gasteiger partial charge on any atom is 0.0845 e. The van der Waals surface area contributed by atoms with Gasteiger partial charge in [-0.2, -0.15) is 0 Å². The van der Waals surface area contributed by atoms with Crippen LogP contribution < -0.4 is 0 Å². The van der Waals surface area contributed by atoms with Crippen molar-refractivity contribution in [3.8, 4) is 0 Å². The topological polar surface area (TPSA) is 28.4 Å². The molecular formula is C25H30Cl2N2O. The van der Waals surface area contributed by atoms with Crippen LogP contribution in [-0.2, 0) is 6.54 Å². The lowest BCUT2D eigenvalue weighted by atomic mass is 9.63. The third-order valence-electron chi connectivity index (χ3n) is 8.32. The van der Waals surface area contributed by atoms with Gasteiger partial charge in [0, 0.05) is 51.5 Å². The number of likely N-dealkylation sites (tertiary alicyclic amines) is 1. The molecule has 160 valence electrons. The number of benzene rings is 2. The van der Waals surface area contributed by atoms with E-state index in [2.05, 4.69) is 30.2 Å². The molecule has 2 heterocycles. The minimum Gasteiger partial charge on any atom is -0.390 e. The molecule has 1 aliphatic heterocycles. The monoisotopic (exact) mass is 444 g/mol. The lowest BCUT2D eigenvalue weighted by Crippen LogP contribution is -2.53. The molecule has 0 amide bonds. The molecule has 1 N–H and O–H groups in total. The molecule has 5 heteroatoms. The minimum atomic E-state index is -0.431. The first kappa shape index (κ1) is 20.6. The van der Waals surface area contributed by atoms with Crippen LogP contribution in [0.5, 0.6) is 0 Å². The Morgan fingerprint density at radius 3 is 2.17 bits per heavy atom. The molecule has 0 unspecified atom stereocenters. The number of halogens is 2. The second-order valence-electron chi connectivity index (χ2n) is 10.3. The molecule has 2 aliphatic rings. The van der Waals surface area contributed by atoms with Crippen LogP contribution in [0.15, 0.2) is 36.4 Å². The van der Waals surface area contributed by atoms with E-state index in [9.17, 15) is 5.11 Å². The Hall–Kier alpha value is -1.26. The van der Waals surface area contributed by atoms with Gasteiger partial charge in [-0.3, -0.25) is 4.90 Å². The Bertz CT molecular complexity index is 1060. The Balaban J connectivity index is 1.42. The summed E-state index contributed by atoms with van der Waals surface area (Å²) >= 11 is 12.5. The molecule has 2 aromatic carbocycles. The third-order valence-corrected chi connectivity index (χ3v) is 8.79. The summed E-state index contributed by atoms with van der Waals surface area (Å²) in [5.41, 5.74) is 2.90. The van der Waals surface area contributed by atoms with Gasteiger partial charge >= 0.3 is 0 Å². The van der Waals surface area contributed by atoms with Crippen LogP contribution in [0.1, 0.15) is 33.6 Å². The third kappa shape index (κ3) is 3.17. The molecular weight excluding hydrogens is 415 g/mol. The van der Waals surface area contributed by atoms with E-state index in [4.69, 9.17) is 23.2 Å². The Kier molecular flexibility index (Phi) is 4.90. The average molecular weight is 445 g/mol. The van der Waals surface area contributed by atoms with Crippen molar-refractivity contribution in [3.63, 3.8) is 0 Å². The number of fused-ring (bicyclic) bond motifs is 5. The van der Waals surface area contributed by atoms with E-state index in [1.165, 1.54) is 12.8 Å². The van der Waals surface area contributed by atoms with Crippen LogP contribution in [0.2, 0.25) is 10.0 Å². The highest BCUT2D eigenvalue weighted by molar-refractivity contribution is 6.33. The standard InChI is InChI=1S/C25H30Cl2N2O/c1-24(2)16-8-9-25(24,3)15-28(12-16)13-19(30)14-29-22-6-4-17(26)10-20(22)21-11-18(27)5-7-23(21)29/h4-7,10-11,16,19,30H,8-9,12-15H2,1-3H3/t16-,19-,25-/m0/s1. The first-order valence-electron chi connectivity index (χ1n) is 11.0. The van der Waals surface area contributed by atoms with E-state index in [1.807, 2.05) is 36.4 Å². The summed E-state index contributed by atoms with van der Waals surface area (Å²) in [4.78, 5) is 2.50.